The van der Waals surface area contributed by atoms with Gasteiger partial charge in [-0.1, -0.05) is 33.8 Å². The molecule has 7 rings (SSSR count). The average molecular weight is 898 g/mol. The van der Waals surface area contributed by atoms with E-state index in [9.17, 15) is 19.2 Å². The van der Waals surface area contributed by atoms with Crippen molar-refractivity contribution < 1.29 is 28.7 Å². The number of ether oxygens (including phenoxy) is 2. The number of esters is 1. The summed E-state index contributed by atoms with van der Waals surface area (Å²) in [6, 6.07) is 7.49. The normalized spacial score (nSPS) is 23.1. The molecule has 2 saturated heterocycles. The van der Waals surface area contributed by atoms with Crippen molar-refractivity contribution in [3.05, 3.63) is 58.2 Å². The van der Waals surface area contributed by atoms with Crippen molar-refractivity contribution in [2.45, 2.75) is 124 Å². The fourth-order valence-corrected chi connectivity index (χ4v) is 10.9. The number of rotatable bonds is 8. The van der Waals surface area contributed by atoms with Crippen molar-refractivity contribution in [2.75, 3.05) is 47.4 Å². The summed E-state index contributed by atoms with van der Waals surface area (Å²) < 4.78 is 14.3. The van der Waals surface area contributed by atoms with Crippen LogP contribution in [0.4, 0.5) is 4.79 Å². The number of hydrazine groups is 1. The van der Waals surface area contributed by atoms with E-state index in [1.54, 1.807) is 20.4 Å². The first-order valence-electron chi connectivity index (χ1n) is 22.8. The third kappa shape index (κ3) is 9.56. The fraction of sp³-hybridized carbons (Fsp3) is 0.583. The molecule has 1 unspecified atom stereocenters. The summed E-state index contributed by atoms with van der Waals surface area (Å²) >= 11 is 1.43. The van der Waals surface area contributed by atoms with Crippen LogP contribution in [0.15, 0.2) is 41.9 Å². The van der Waals surface area contributed by atoms with Crippen LogP contribution in [0.3, 0.4) is 0 Å². The van der Waals surface area contributed by atoms with E-state index in [-0.39, 0.29) is 49.1 Å². The number of fused-ring (bicyclic) bond motifs is 6. The second-order valence-corrected chi connectivity index (χ2v) is 20.1. The zero-order valence-corrected chi connectivity index (χ0v) is 40.3. The van der Waals surface area contributed by atoms with E-state index in [1.807, 2.05) is 58.0 Å². The highest BCUT2D eigenvalue weighted by molar-refractivity contribution is 7.10. The second-order valence-electron chi connectivity index (χ2n) is 19.2. The van der Waals surface area contributed by atoms with Crippen molar-refractivity contribution in [3.63, 3.8) is 0 Å². The number of pyridine rings is 1. The van der Waals surface area contributed by atoms with Crippen molar-refractivity contribution in [1.82, 2.24) is 45.0 Å². The standard InChI is InChI=1S/C48H67N9O6S/c1-12-55-39-18-17-32-21-34(39)35(43(55)33-15-13-19-49-41(33)31(6)62-11)23-48(7,8)27-63-46(60)36-16-14-20-56(52-36)45(59)37(22-40-50-38(32)26-64-40)51-44(58)42(28(2)3)54(10)47(61)57-29(4)24-53(9)25-30(57)5/h13,15,17-19,21,26,28-31,36-37,42,52H,12,14,16,20,22-25,27H2,1-11H3,(H,51,58)/t29-,30-,31+,36+,37+,42?/m1/s1. The maximum Gasteiger partial charge on any atom is 0.324 e. The van der Waals surface area contributed by atoms with E-state index in [2.05, 4.69) is 65.2 Å². The van der Waals surface area contributed by atoms with Gasteiger partial charge in [-0.15, -0.1) is 11.3 Å². The number of hydrogen-bond donors (Lipinski definition) is 2. The van der Waals surface area contributed by atoms with E-state index in [0.29, 0.717) is 37.4 Å². The molecule has 346 valence electrons. The lowest BCUT2D eigenvalue weighted by Gasteiger charge is -2.46. The largest absolute Gasteiger partial charge is 0.464 e. The predicted molar refractivity (Wildman–Crippen MR) is 249 cm³/mol. The van der Waals surface area contributed by atoms with Gasteiger partial charge in [0.2, 0.25) is 5.91 Å². The Balaban J connectivity index is 1.28. The summed E-state index contributed by atoms with van der Waals surface area (Å²) in [6.45, 7) is 18.9. The molecule has 4 aromatic rings. The molecule has 3 aliphatic heterocycles. The molecule has 6 bridgehead atoms. The van der Waals surface area contributed by atoms with Gasteiger partial charge in [0.05, 0.1) is 34.8 Å². The van der Waals surface area contributed by atoms with Gasteiger partial charge in [0.15, 0.2) is 0 Å². The number of aromatic nitrogens is 3. The smallest absolute Gasteiger partial charge is 0.324 e. The Morgan fingerprint density at radius 2 is 1.86 bits per heavy atom. The zero-order valence-electron chi connectivity index (χ0n) is 39.4. The first-order chi connectivity index (χ1) is 30.4. The third-order valence-electron chi connectivity index (χ3n) is 13.1. The number of urea groups is 1. The second kappa shape index (κ2) is 19.3. The van der Waals surface area contributed by atoms with Crippen LogP contribution in [0.25, 0.3) is 33.4 Å². The molecule has 0 spiro atoms. The molecule has 0 saturated carbocycles. The minimum absolute atomic E-state index is 0.0439. The Labute approximate surface area is 381 Å². The quantitative estimate of drug-likeness (QED) is 0.193. The number of piperazine rings is 1. The number of amides is 4. The molecular weight excluding hydrogens is 831 g/mol. The maximum absolute atomic E-state index is 14.6. The molecule has 0 aliphatic carbocycles. The van der Waals surface area contributed by atoms with Crippen molar-refractivity contribution >= 4 is 46.1 Å². The molecule has 3 aliphatic rings. The van der Waals surface area contributed by atoms with Crippen molar-refractivity contribution in [2.24, 2.45) is 11.3 Å². The number of carbonyl (C=O) groups is 4. The predicted octanol–water partition coefficient (Wildman–Crippen LogP) is 6.30. The minimum atomic E-state index is -1.05. The number of nitrogens with zero attached hydrogens (tertiary/aromatic N) is 7. The van der Waals surface area contributed by atoms with Crippen LogP contribution in [-0.4, -0.2) is 136 Å². The van der Waals surface area contributed by atoms with E-state index in [4.69, 9.17) is 19.4 Å². The van der Waals surface area contributed by atoms with Crippen LogP contribution >= 0.6 is 11.3 Å². The number of aryl methyl sites for hydroxylation is 1. The highest BCUT2D eigenvalue weighted by atomic mass is 32.1. The van der Waals surface area contributed by atoms with Gasteiger partial charge in [0, 0.05) is 97.9 Å². The summed E-state index contributed by atoms with van der Waals surface area (Å²) in [4.78, 5) is 72.7. The number of hydrogen-bond acceptors (Lipinski definition) is 11. The SMILES string of the molecule is CCn1c(-c2cccnc2[C@H](C)OC)c2c3cc(ccc31)-c1csc(n1)C[C@H](NC(=O)C(C(C)C)N(C)C(=O)N1[C@H](C)CN(C)C[C@H]1C)C(=O)N1CCC[C@H](N1)C(=O)OCC(C)(C)C2. The van der Waals surface area contributed by atoms with E-state index >= 15 is 0 Å². The molecule has 4 amide bonds. The Morgan fingerprint density at radius 1 is 1.12 bits per heavy atom. The van der Waals surface area contributed by atoms with Crippen LogP contribution in [0.2, 0.25) is 0 Å². The Hall–Kier alpha value is -4.90. The van der Waals surface area contributed by atoms with Crippen LogP contribution in [0.1, 0.15) is 90.6 Å². The monoisotopic (exact) mass is 897 g/mol. The molecule has 0 radical (unpaired) electrons. The summed E-state index contributed by atoms with van der Waals surface area (Å²) in [7, 11) is 5.41. The zero-order chi connectivity index (χ0) is 46.2. The highest BCUT2D eigenvalue weighted by Gasteiger charge is 2.41. The number of likely N-dealkylation sites (N-methyl/N-ethyl adjacent to an activating group) is 2. The molecule has 2 fully saturated rings. The molecule has 6 atom stereocenters. The number of benzene rings is 1. The summed E-state index contributed by atoms with van der Waals surface area (Å²) in [6.07, 6.45) is 3.30. The van der Waals surface area contributed by atoms with E-state index < -0.39 is 35.4 Å². The first kappa shape index (κ1) is 47.1. The number of carbonyl (C=O) groups excluding carboxylic acids is 4. The van der Waals surface area contributed by atoms with Gasteiger partial charge in [-0.2, -0.15) is 0 Å². The molecule has 2 N–H and O–H groups in total. The fourth-order valence-electron chi connectivity index (χ4n) is 10.0. The van der Waals surface area contributed by atoms with Gasteiger partial charge < -0.3 is 34.1 Å². The summed E-state index contributed by atoms with van der Waals surface area (Å²) in [5.74, 6) is -1.52. The molecule has 3 aromatic heterocycles. The number of methoxy groups -OCH3 is 1. The molecule has 1 aromatic carbocycles. The average Bonchev–Trinajstić information content (AvgIpc) is 3.85. The van der Waals surface area contributed by atoms with Crippen molar-refractivity contribution in [1.29, 1.82) is 0 Å². The topological polar surface area (TPSA) is 154 Å². The van der Waals surface area contributed by atoms with Gasteiger partial charge in [0.1, 0.15) is 18.1 Å². The summed E-state index contributed by atoms with van der Waals surface area (Å²) in [5.41, 5.74) is 9.40. The summed E-state index contributed by atoms with van der Waals surface area (Å²) in [5, 5.41) is 8.24. The van der Waals surface area contributed by atoms with Crippen LogP contribution < -0.4 is 10.7 Å². The van der Waals surface area contributed by atoms with Crippen LogP contribution in [-0.2, 0) is 43.2 Å². The Bertz CT molecular complexity index is 2350. The van der Waals surface area contributed by atoms with E-state index in [1.165, 1.54) is 21.2 Å². The molecular formula is C48H67N9O6S. The first-order valence-corrected chi connectivity index (χ1v) is 23.7. The van der Waals surface area contributed by atoms with Crippen LogP contribution in [0.5, 0.6) is 0 Å². The molecule has 15 nitrogen and oxygen atoms in total. The minimum Gasteiger partial charge on any atom is -0.464 e. The lowest BCUT2D eigenvalue weighted by atomic mass is 9.84. The number of cyclic esters (lactones) is 1. The van der Waals surface area contributed by atoms with Crippen LogP contribution in [0, 0.1) is 11.3 Å². The number of thiazole rings is 1. The van der Waals surface area contributed by atoms with Gasteiger partial charge in [0.25, 0.3) is 5.91 Å². The molecule has 64 heavy (non-hydrogen) atoms. The third-order valence-corrected chi connectivity index (χ3v) is 14.0. The van der Waals surface area contributed by atoms with Gasteiger partial charge in [-0.25, -0.2) is 15.2 Å². The Kier molecular flexibility index (Phi) is 14.2. The van der Waals surface area contributed by atoms with Gasteiger partial charge in [-0.3, -0.25) is 24.4 Å². The lowest BCUT2D eigenvalue weighted by molar-refractivity contribution is -0.155. The number of nitrogens with one attached hydrogen (secondary N) is 2. The van der Waals surface area contributed by atoms with Crippen molar-refractivity contribution in [3.8, 4) is 22.5 Å². The van der Waals surface area contributed by atoms with E-state index in [0.717, 1.165) is 57.8 Å². The maximum atomic E-state index is 14.6. The molecule has 16 heteroatoms. The van der Waals surface area contributed by atoms with Gasteiger partial charge in [-0.05, 0) is 89.8 Å². The highest BCUT2D eigenvalue weighted by Crippen LogP contribution is 2.42. The Morgan fingerprint density at radius 3 is 2.55 bits per heavy atom. The van der Waals surface area contributed by atoms with Gasteiger partial charge >= 0.3 is 12.0 Å². The molecule has 6 heterocycles. The lowest BCUT2D eigenvalue weighted by Crippen LogP contribution is -2.64.